The largest absolute Gasteiger partial charge is 0.275 e. The van der Waals surface area contributed by atoms with Crippen LogP contribution in [0, 0.1) is 13.8 Å². The molecule has 3 aromatic rings. The molecule has 2 amide bonds. The van der Waals surface area contributed by atoms with Gasteiger partial charge in [0.05, 0.1) is 0 Å². The van der Waals surface area contributed by atoms with Crippen molar-refractivity contribution in [2.75, 3.05) is 0 Å². The fourth-order valence-electron chi connectivity index (χ4n) is 4.05. The molecular weight excluding hydrogens is 420 g/mol. The number of amides is 2. The highest BCUT2D eigenvalue weighted by Crippen LogP contribution is 2.16. The van der Waals surface area contributed by atoms with E-state index >= 15 is 0 Å². The first kappa shape index (κ1) is 25.1. The van der Waals surface area contributed by atoms with Crippen molar-refractivity contribution in [3.63, 3.8) is 0 Å². The highest BCUT2D eigenvalue weighted by molar-refractivity contribution is 6.10. The SMILES string of the molecule is C=CC[C@@H](CCc1ccccc1)NN(C(=O)c1ccc(CC)cc1)C(=O)c1cc(C)cc(C)c1. The van der Waals surface area contributed by atoms with Gasteiger partial charge in [0.1, 0.15) is 0 Å². The number of nitrogens with zero attached hydrogens (tertiary/aromatic N) is 1. The van der Waals surface area contributed by atoms with Crippen LogP contribution in [0.15, 0.2) is 85.5 Å². The van der Waals surface area contributed by atoms with Crippen LogP contribution >= 0.6 is 0 Å². The zero-order valence-corrected chi connectivity index (χ0v) is 20.4. The third-order valence-corrected chi connectivity index (χ3v) is 5.87. The van der Waals surface area contributed by atoms with E-state index in [0.29, 0.717) is 17.5 Å². The molecule has 0 saturated carbocycles. The molecule has 1 N–H and O–H groups in total. The van der Waals surface area contributed by atoms with Crippen LogP contribution < -0.4 is 5.43 Å². The number of carbonyl (C=O) groups is 2. The summed E-state index contributed by atoms with van der Waals surface area (Å²) in [7, 11) is 0. The van der Waals surface area contributed by atoms with Gasteiger partial charge in [-0.25, -0.2) is 10.4 Å². The normalized spacial score (nSPS) is 11.6. The molecule has 4 heteroatoms. The minimum atomic E-state index is -0.361. The molecule has 0 spiro atoms. The lowest BCUT2D eigenvalue weighted by Gasteiger charge is -2.28. The van der Waals surface area contributed by atoms with Crippen LogP contribution in [0.5, 0.6) is 0 Å². The van der Waals surface area contributed by atoms with Gasteiger partial charge < -0.3 is 0 Å². The maximum absolute atomic E-state index is 13.6. The molecule has 4 nitrogen and oxygen atoms in total. The van der Waals surface area contributed by atoms with E-state index in [1.165, 1.54) is 10.6 Å². The molecular formula is C30H34N2O2. The summed E-state index contributed by atoms with van der Waals surface area (Å²) in [5, 5.41) is 1.19. The molecule has 0 radical (unpaired) electrons. The lowest BCUT2D eigenvalue weighted by molar-refractivity contribution is 0.0489. The number of hydrazine groups is 1. The topological polar surface area (TPSA) is 49.4 Å². The molecule has 0 aliphatic rings. The molecule has 176 valence electrons. The predicted octanol–water partition coefficient (Wildman–Crippen LogP) is 6.23. The van der Waals surface area contributed by atoms with Crippen molar-refractivity contribution in [2.45, 2.75) is 52.5 Å². The Morgan fingerprint density at radius 2 is 1.50 bits per heavy atom. The fourth-order valence-corrected chi connectivity index (χ4v) is 4.05. The van der Waals surface area contributed by atoms with Gasteiger partial charge in [0, 0.05) is 17.2 Å². The maximum atomic E-state index is 13.6. The minimum Gasteiger partial charge on any atom is -0.267 e. The zero-order valence-electron chi connectivity index (χ0n) is 20.4. The Bertz CT molecular complexity index is 1100. The average molecular weight is 455 g/mol. The second kappa shape index (κ2) is 12.1. The third-order valence-electron chi connectivity index (χ3n) is 5.87. The Morgan fingerprint density at radius 3 is 2.09 bits per heavy atom. The van der Waals surface area contributed by atoms with E-state index in [9.17, 15) is 9.59 Å². The summed E-state index contributed by atoms with van der Waals surface area (Å²) in [5.74, 6) is -0.717. The maximum Gasteiger partial charge on any atom is 0.275 e. The number of imide groups is 1. The third kappa shape index (κ3) is 6.75. The Morgan fingerprint density at radius 1 is 0.882 bits per heavy atom. The van der Waals surface area contributed by atoms with E-state index in [-0.39, 0.29) is 17.9 Å². The number of hydrogen-bond acceptors (Lipinski definition) is 3. The highest BCUT2D eigenvalue weighted by Gasteiger charge is 2.27. The number of benzene rings is 3. The van der Waals surface area contributed by atoms with Crippen molar-refractivity contribution in [2.24, 2.45) is 0 Å². The summed E-state index contributed by atoms with van der Waals surface area (Å²) >= 11 is 0. The first-order valence-corrected chi connectivity index (χ1v) is 11.9. The van der Waals surface area contributed by atoms with Gasteiger partial charge >= 0.3 is 0 Å². The van der Waals surface area contributed by atoms with Gasteiger partial charge in [-0.15, -0.1) is 6.58 Å². The van der Waals surface area contributed by atoms with Crippen LogP contribution in [-0.2, 0) is 12.8 Å². The van der Waals surface area contributed by atoms with Gasteiger partial charge in [-0.3, -0.25) is 9.59 Å². The summed E-state index contributed by atoms with van der Waals surface area (Å²) in [6, 6.07) is 23.2. The molecule has 3 rings (SSSR count). The second-order valence-electron chi connectivity index (χ2n) is 8.75. The molecule has 3 aromatic carbocycles. The molecule has 0 fully saturated rings. The average Bonchev–Trinajstić information content (AvgIpc) is 2.85. The zero-order chi connectivity index (χ0) is 24.5. The van der Waals surface area contributed by atoms with Gasteiger partial charge in [0.15, 0.2) is 0 Å². The number of aryl methyl sites for hydroxylation is 4. The van der Waals surface area contributed by atoms with E-state index in [2.05, 4.69) is 31.1 Å². The van der Waals surface area contributed by atoms with Crippen LogP contribution in [0.2, 0.25) is 0 Å². The van der Waals surface area contributed by atoms with Crippen molar-refractivity contribution >= 4 is 11.8 Å². The predicted molar refractivity (Wildman–Crippen MR) is 139 cm³/mol. The Kier molecular flexibility index (Phi) is 8.94. The number of rotatable bonds is 10. The summed E-state index contributed by atoms with van der Waals surface area (Å²) in [5.41, 5.74) is 8.54. The second-order valence-corrected chi connectivity index (χ2v) is 8.75. The monoisotopic (exact) mass is 454 g/mol. The first-order chi connectivity index (χ1) is 16.4. The van der Waals surface area contributed by atoms with E-state index < -0.39 is 0 Å². The minimum absolute atomic E-state index is 0.119. The number of hydrogen-bond donors (Lipinski definition) is 1. The molecule has 34 heavy (non-hydrogen) atoms. The van der Waals surface area contributed by atoms with Gasteiger partial charge in [0.2, 0.25) is 0 Å². The van der Waals surface area contributed by atoms with Crippen molar-refractivity contribution in [3.8, 4) is 0 Å². The molecule has 0 aliphatic heterocycles. The Labute approximate surface area is 203 Å². The highest BCUT2D eigenvalue weighted by atomic mass is 16.2. The van der Waals surface area contributed by atoms with Crippen LogP contribution in [0.4, 0.5) is 0 Å². The lowest BCUT2D eigenvalue weighted by atomic mass is 10.0. The Balaban J connectivity index is 1.90. The van der Waals surface area contributed by atoms with Gasteiger partial charge in [-0.05, 0) is 74.9 Å². The van der Waals surface area contributed by atoms with Crippen molar-refractivity contribution in [1.29, 1.82) is 0 Å². The quantitative estimate of drug-likeness (QED) is 0.224. The molecule has 0 unspecified atom stereocenters. The Hall–Kier alpha value is -3.50. The molecule has 0 heterocycles. The fraction of sp³-hybridized carbons (Fsp3) is 0.267. The summed E-state index contributed by atoms with van der Waals surface area (Å²) in [6.45, 7) is 9.86. The van der Waals surface area contributed by atoms with E-state index in [0.717, 1.165) is 36.0 Å². The van der Waals surface area contributed by atoms with Crippen molar-refractivity contribution in [1.82, 2.24) is 10.4 Å². The molecule has 0 aromatic heterocycles. The van der Waals surface area contributed by atoms with E-state index in [4.69, 9.17) is 0 Å². The first-order valence-electron chi connectivity index (χ1n) is 11.9. The summed E-state index contributed by atoms with van der Waals surface area (Å²) in [6.07, 6.45) is 4.93. The van der Waals surface area contributed by atoms with Gasteiger partial charge in [-0.2, -0.15) is 0 Å². The van der Waals surface area contributed by atoms with E-state index in [1.54, 1.807) is 12.1 Å². The van der Waals surface area contributed by atoms with Crippen LogP contribution in [0.3, 0.4) is 0 Å². The molecule has 1 atom stereocenters. The van der Waals surface area contributed by atoms with Gasteiger partial charge in [0.25, 0.3) is 11.8 Å². The van der Waals surface area contributed by atoms with Crippen LogP contribution in [0.1, 0.15) is 62.7 Å². The van der Waals surface area contributed by atoms with E-state index in [1.807, 2.05) is 68.5 Å². The smallest absolute Gasteiger partial charge is 0.267 e. The summed E-state index contributed by atoms with van der Waals surface area (Å²) < 4.78 is 0. The van der Waals surface area contributed by atoms with Crippen molar-refractivity contribution in [3.05, 3.63) is 119 Å². The lowest BCUT2D eigenvalue weighted by Crippen LogP contribution is -2.51. The van der Waals surface area contributed by atoms with Gasteiger partial charge in [-0.1, -0.05) is 72.7 Å². The standard InChI is InChI=1S/C30H34N2O2/c1-5-10-28(18-15-25-11-8-7-9-12-25)31-32(29(33)26-16-13-24(6-2)14-17-26)30(34)27-20-22(3)19-23(4)21-27/h5,7-9,11-14,16-17,19-21,28,31H,1,6,10,15,18H2,2-4H3/t28-/m0/s1. The summed E-state index contributed by atoms with van der Waals surface area (Å²) in [4.78, 5) is 27.2. The molecule has 0 bridgehead atoms. The number of carbonyl (C=O) groups excluding carboxylic acids is 2. The van der Waals surface area contributed by atoms with Crippen LogP contribution in [0.25, 0.3) is 0 Å². The molecule has 0 saturated heterocycles. The van der Waals surface area contributed by atoms with Crippen molar-refractivity contribution < 1.29 is 9.59 Å². The van der Waals surface area contributed by atoms with Crippen LogP contribution in [-0.4, -0.2) is 22.9 Å². The molecule has 0 aliphatic carbocycles. The number of nitrogens with one attached hydrogen (secondary N) is 1.